The summed E-state index contributed by atoms with van der Waals surface area (Å²) in [5, 5.41) is 4.89. The number of ether oxygens (including phenoxy) is 2. The maximum Gasteiger partial charge on any atom is 0.325 e. The number of furan rings is 1. The molecule has 0 spiro atoms. The van der Waals surface area contributed by atoms with Crippen LogP contribution in [0.15, 0.2) is 41.0 Å². The van der Waals surface area contributed by atoms with Crippen molar-refractivity contribution in [3.05, 3.63) is 42.4 Å². The van der Waals surface area contributed by atoms with E-state index in [0.29, 0.717) is 49.1 Å². The van der Waals surface area contributed by atoms with Crippen LogP contribution < -0.4 is 20.1 Å². The lowest BCUT2D eigenvalue weighted by Gasteiger charge is -2.33. The minimum absolute atomic E-state index is 0.0668. The number of nitrogens with one attached hydrogen (secondary N) is 2. The highest BCUT2D eigenvalue weighted by Gasteiger charge is 2.25. The molecule has 0 bridgehead atoms. The Bertz CT molecular complexity index is 905. The Labute approximate surface area is 166 Å². The first-order valence-electron chi connectivity index (χ1n) is 9.14. The van der Waals surface area contributed by atoms with Crippen LogP contribution in [0.25, 0.3) is 0 Å². The van der Waals surface area contributed by atoms with Crippen LogP contribution in [-0.2, 0) is 4.79 Å². The van der Waals surface area contributed by atoms with Crippen LogP contribution in [0.4, 0.5) is 10.5 Å². The predicted molar refractivity (Wildman–Crippen MR) is 101 cm³/mol. The molecule has 2 aliphatic heterocycles. The molecule has 2 N–H and O–H groups in total. The van der Waals surface area contributed by atoms with E-state index in [0.717, 1.165) is 0 Å². The van der Waals surface area contributed by atoms with E-state index < -0.39 is 11.9 Å². The van der Waals surface area contributed by atoms with Gasteiger partial charge in [0.05, 0.1) is 12.8 Å². The Morgan fingerprint density at radius 2 is 1.79 bits per heavy atom. The van der Waals surface area contributed by atoms with Gasteiger partial charge in [-0.15, -0.1) is 0 Å². The van der Waals surface area contributed by atoms with Crippen LogP contribution in [0.1, 0.15) is 10.6 Å². The van der Waals surface area contributed by atoms with Crippen molar-refractivity contribution in [2.24, 2.45) is 0 Å². The van der Waals surface area contributed by atoms with Crippen molar-refractivity contribution in [3.8, 4) is 11.5 Å². The van der Waals surface area contributed by atoms with Gasteiger partial charge in [-0.1, -0.05) is 0 Å². The number of fused-ring (bicyclic) bond motifs is 1. The molecule has 0 saturated carbocycles. The molecule has 1 fully saturated rings. The van der Waals surface area contributed by atoms with Gasteiger partial charge in [0, 0.05) is 37.9 Å². The standard InChI is InChI=1S/C19H20N4O6/c24-17(21-19(26)20-13-3-4-14-16(10-13)29-12-28-14)11-22-5-7-23(8-6-22)18(25)15-2-1-9-27-15/h1-4,9-10H,5-8,11-12H2,(H2,20,21,24,26). The van der Waals surface area contributed by atoms with E-state index in [9.17, 15) is 14.4 Å². The molecule has 10 nitrogen and oxygen atoms in total. The first-order valence-corrected chi connectivity index (χ1v) is 9.14. The lowest BCUT2D eigenvalue weighted by molar-refractivity contribution is -0.121. The molecule has 10 heteroatoms. The monoisotopic (exact) mass is 400 g/mol. The number of amides is 4. The van der Waals surface area contributed by atoms with E-state index in [4.69, 9.17) is 13.9 Å². The average molecular weight is 400 g/mol. The first-order chi connectivity index (χ1) is 14.1. The van der Waals surface area contributed by atoms with Gasteiger partial charge >= 0.3 is 6.03 Å². The number of urea groups is 1. The summed E-state index contributed by atoms with van der Waals surface area (Å²) in [4.78, 5) is 40.0. The smallest absolute Gasteiger partial charge is 0.325 e. The van der Waals surface area contributed by atoms with Crippen molar-refractivity contribution >= 4 is 23.5 Å². The molecular formula is C19H20N4O6. The summed E-state index contributed by atoms with van der Waals surface area (Å²) in [5.74, 6) is 0.862. The Hall–Kier alpha value is -3.53. The van der Waals surface area contributed by atoms with E-state index in [-0.39, 0.29) is 19.2 Å². The molecule has 4 rings (SSSR count). The molecule has 2 aliphatic rings. The fourth-order valence-corrected chi connectivity index (χ4v) is 3.17. The second-order valence-corrected chi connectivity index (χ2v) is 6.62. The molecule has 1 aromatic heterocycles. The summed E-state index contributed by atoms with van der Waals surface area (Å²) >= 11 is 0. The van der Waals surface area contributed by atoms with Gasteiger partial charge in [-0.25, -0.2) is 4.79 Å². The van der Waals surface area contributed by atoms with Gasteiger partial charge in [0.15, 0.2) is 17.3 Å². The number of hydrogen-bond donors (Lipinski definition) is 2. The van der Waals surface area contributed by atoms with Crippen LogP contribution in [0.2, 0.25) is 0 Å². The fraction of sp³-hybridized carbons (Fsp3) is 0.316. The van der Waals surface area contributed by atoms with Gasteiger partial charge in [0.25, 0.3) is 5.91 Å². The van der Waals surface area contributed by atoms with Gasteiger partial charge in [0.2, 0.25) is 12.7 Å². The molecule has 3 heterocycles. The van der Waals surface area contributed by atoms with Crippen LogP contribution in [0.5, 0.6) is 11.5 Å². The summed E-state index contributed by atoms with van der Waals surface area (Å²) in [5.41, 5.74) is 0.490. The van der Waals surface area contributed by atoms with Crippen LogP contribution in [-0.4, -0.2) is 67.2 Å². The zero-order chi connectivity index (χ0) is 20.2. The highest BCUT2D eigenvalue weighted by Crippen LogP contribution is 2.34. The van der Waals surface area contributed by atoms with Gasteiger partial charge in [-0.3, -0.25) is 19.8 Å². The molecule has 0 unspecified atom stereocenters. The number of piperazine rings is 1. The van der Waals surface area contributed by atoms with Gasteiger partial charge in [0.1, 0.15) is 0 Å². The minimum Gasteiger partial charge on any atom is -0.459 e. The molecule has 1 saturated heterocycles. The predicted octanol–water partition coefficient (Wildman–Crippen LogP) is 1.11. The molecular weight excluding hydrogens is 380 g/mol. The highest BCUT2D eigenvalue weighted by atomic mass is 16.7. The van der Waals surface area contributed by atoms with E-state index in [1.54, 1.807) is 35.2 Å². The van der Waals surface area contributed by atoms with Crippen LogP contribution in [0.3, 0.4) is 0 Å². The summed E-state index contributed by atoms with van der Waals surface area (Å²) in [7, 11) is 0. The van der Waals surface area contributed by atoms with E-state index >= 15 is 0 Å². The number of imide groups is 1. The Balaban J connectivity index is 1.21. The molecule has 1 aromatic carbocycles. The number of nitrogens with zero attached hydrogens (tertiary/aromatic N) is 2. The maximum atomic E-state index is 12.2. The molecule has 2 aromatic rings. The quantitative estimate of drug-likeness (QED) is 0.790. The zero-order valence-corrected chi connectivity index (χ0v) is 15.6. The van der Waals surface area contributed by atoms with E-state index in [1.165, 1.54) is 6.26 Å². The maximum absolute atomic E-state index is 12.2. The number of benzene rings is 1. The van der Waals surface area contributed by atoms with Gasteiger partial charge in [-0.2, -0.15) is 0 Å². The molecule has 152 valence electrons. The summed E-state index contributed by atoms with van der Waals surface area (Å²) in [6, 6.07) is 7.64. The number of anilines is 1. The lowest BCUT2D eigenvalue weighted by atomic mass is 10.2. The fourth-order valence-electron chi connectivity index (χ4n) is 3.17. The molecule has 4 amide bonds. The highest BCUT2D eigenvalue weighted by molar-refractivity contribution is 6.01. The van der Waals surface area contributed by atoms with Crippen molar-refractivity contribution < 1.29 is 28.3 Å². The topological polar surface area (TPSA) is 113 Å². The average Bonchev–Trinajstić information content (AvgIpc) is 3.39. The Morgan fingerprint density at radius 3 is 2.55 bits per heavy atom. The molecule has 0 aliphatic carbocycles. The first kappa shape index (κ1) is 18.8. The van der Waals surface area contributed by atoms with Crippen molar-refractivity contribution in [2.45, 2.75) is 0 Å². The number of carbonyl (C=O) groups is 3. The van der Waals surface area contributed by atoms with Crippen molar-refractivity contribution in [1.82, 2.24) is 15.1 Å². The third-order valence-corrected chi connectivity index (χ3v) is 4.64. The van der Waals surface area contributed by atoms with E-state index in [1.807, 2.05) is 4.90 Å². The Kier molecular flexibility index (Phi) is 5.34. The van der Waals surface area contributed by atoms with E-state index in [2.05, 4.69) is 10.6 Å². The third-order valence-electron chi connectivity index (χ3n) is 4.64. The zero-order valence-electron chi connectivity index (χ0n) is 15.6. The number of hydrogen-bond acceptors (Lipinski definition) is 7. The molecule has 0 radical (unpaired) electrons. The largest absolute Gasteiger partial charge is 0.459 e. The SMILES string of the molecule is O=C(CN1CCN(C(=O)c2ccco2)CC1)NC(=O)Nc1ccc2c(c1)OCO2. The molecule has 29 heavy (non-hydrogen) atoms. The second-order valence-electron chi connectivity index (χ2n) is 6.62. The summed E-state index contributed by atoms with van der Waals surface area (Å²) in [6.45, 7) is 2.24. The van der Waals surface area contributed by atoms with Crippen molar-refractivity contribution in [3.63, 3.8) is 0 Å². The normalized spacial score (nSPS) is 15.8. The third kappa shape index (κ3) is 4.49. The van der Waals surface area contributed by atoms with Crippen molar-refractivity contribution in [2.75, 3.05) is 44.8 Å². The summed E-state index contributed by atoms with van der Waals surface area (Å²) in [6.07, 6.45) is 1.46. The van der Waals surface area contributed by atoms with Gasteiger partial charge < -0.3 is 24.1 Å². The summed E-state index contributed by atoms with van der Waals surface area (Å²) < 4.78 is 15.6. The lowest BCUT2D eigenvalue weighted by Crippen LogP contribution is -2.51. The van der Waals surface area contributed by atoms with Gasteiger partial charge in [-0.05, 0) is 24.3 Å². The molecule has 0 atom stereocenters. The Morgan fingerprint density at radius 1 is 1.00 bits per heavy atom. The van der Waals surface area contributed by atoms with Crippen LogP contribution >= 0.6 is 0 Å². The van der Waals surface area contributed by atoms with Crippen LogP contribution in [0, 0.1) is 0 Å². The number of carbonyl (C=O) groups excluding carboxylic acids is 3. The second kappa shape index (κ2) is 8.23. The number of rotatable bonds is 4. The minimum atomic E-state index is -0.625. The van der Waals surface area contributed by atoms with Crippen molar-refractivity contribution in [1.29, 1.82) is 0 Å².